The van der Waals surface area contributed by atoms with Crippen LogP contribution >= 0.6 is 0 Å². The first-order valence-corrected chi connectivity index (χ1v) is 13.3. The Kier molecular flexibility index (Phi) is 9.72. The molecule has 0 radical (unpaired) electrons. The van der Waals surface area contributed by atoms with Crippen molar-refractivity contribution in [2.45, 2.75) is 89.9 Å². The molecule has 0 bridgehead atoms. The third-order valence-electron chi connectivity index (χ3n) is 6.10. The second-order valence-corrected chi connectivity index (χ2v) is 11.9. The molecular weight excluding hydrogens is 538 g/mol. The average molecular weight is 578 g/mol. The summed E-state index contributed by atoms with van der Waals surface area (Å²) in [6.45, 7) is 9.83. The molecule has 1 aromatic carbocycles. The molecule has 4 atom stereocenters. The van der Waals surface area contributed by atoms with Crippen LogP contribution in [0.15, 0.2) is 24.3 Å². The van der Waals surface area contributed by atoms with Gasteiger partial charge in [0, 0.05) is 0 Å². The third kappa shape index (κ3) is 9.25. The summed E-state index contributed by atoms with van der Waals surface area (Å²) in [5, 5.41) is 4.86. The first-order valence-electron chi connectivity index (χ1n) is 13.3. The van der Waals surface area contributed by atoms with Crippen molar-refractivity contribution in [3.8, 4) is 5.75 Å². The largest absolute Gasteiger partial charge is 0.509 e. The van der Waals surface area contributed by atoms with Crippen LogP contribution in [0.25, 0.3) is 0 Å². The molecule has 0 aliphatic carbocycles. The Morgan fingerprint density at radius 3 is 2.17 bits per heavy atom. The first kappa shape index (κ1) is 31.5. The maximum atomic E-state index is 13.3. The lowest BCUT2D eigenvalue weighted by molar-refractivity contribution is -0.158. The van der Waals surface area contributed by atoms with Crippen LogP contribution in [0.3, 0.4) is 0 Å². The van der Waals surface area contributed by atoms with E-state index < -0.39 is 71.9 Å². The Bertz CT molecular complexity index is 1140. The molecule has 0 spiro atoms. The molecule has 1 aromatic rings. The van der Waals surface area contributed by atoms with E-state index in [-0.39, 0.29) is 19.5 Å². The van der Waals surface area contributed by atoms with Crippen LogP contribution in [0, 0.1) is 0 Å². The molecule has 41 heavy (non-hydrogen) atoms. The third-order valence-corrected chi connectivity index (χ3v) is 6.10. The Morgan fingerprint density at radius 1 is 0.951 bits per heavy atom. The Balaban J connectivity index is 1.92. The number of esters is 1. The van der Waals surface area contributed by atoms with Crippen molar-refractivity contribution in [2.24, 2.45) is 0 Å². The van der Waals surface area contributed by atoms with Crippen molar-refractivity contribution < 1.29 is 47.7 Å². The molecular formula is C28H39N3O10. The molecule has 1 unspecified atom stereocenters. The maximum Gasteiger partial charge on any atom is 0.509 e. The molecule has 0 aromatic heterocycles. The van der Waals surface area contributed by atoms with Gasteiger partial charge in [0.1, 0.15) is 23.0 Å². The molecule has 0 saturated carbocycles. The SMILES string of the molecule is COc1ccc(C[C@@H]2[C@H](OC(=O)CC3NC(=O)CNC3=O)[C@@H](OC(=O)OC(C)(C)C)CN2C(=O)OC(C)(C)C)cc1. The van der Waals surface area contributed by atoms with E-state index in [2.05, 4.69) is 10.6 Å². The number of hydrogen-bond donors (Lipinski definition) is 2. The predicted molar refractivity (Wildman–Crippen MR) is 144 cm³/mol. The number of likely N-dealkylation sites (tertiary alicyclic amines) is 1. The summed E-state index contributed by atoms with van der Waals surface area (Å²) in [7, 11) is 1.54. The monoisotopic (exact) mass is 577 g/mol. The van der Waals surface area contributed by atoms with Crippen LogP contribution in [-0.2, 0) is 39.8 Å². The van der Waals surface area contributed by atoms with E-state index in [0.29, 0.717) is 5.75 Å². The number of piperazine rings is 1. The molecule has 3 amide bonds. The van der Waals surface area contributed by atoms with Crippen LogP contribution in [-0.4, -0.2) is 90.6 Å². The van der Waals surface area contributed by atoms with Crippen LogP contribution < -0.4 is 15.4 Å². The lowest BCUT2D eigenvalue weighted by Crippen LogP contribution is -2.57. The fourth-order valence-electron chi connectivity index (χ4n) is 4.39. The molecule has 2 aliphatic heterocycles. The summed E-state index contributed by atoms with van der Waals surface area (Å²) < 4.78 is 27.5. The van der Waals surface area contributed by atoms with E-state index in [1.807, 2.05) is 0 Å². The minimum absolute atomic E-state index is 0.145. The number of methoxy groups -OCH3 is 1. The highest BCUT2D eigenvalue weighted by Gasteiger charge is 2.50. The number of carbonyl (C=O) groups is 5. The molecule has 2 heterocycles. The van der Waals surface area contributed by atoms with Gasteiger partial charge < -0.3 is 34.3 Å². The number of nitrogens with one attached hydrogen (secondary N) is 2. The van der Waals surface area contributed by atoms with Crippen molar-refractivity contribution in [1.29, 1.82) is 0 Å². The van der Waals surface area contributed by atoms with E-state index >= 15 is 0 Å². The predicted octanol–water partition coefficient (Wildman–Crippen LogP) is 2.09. The van der Waals surface area contributed by atoms with Gasteiger partial charge in [-0.3, -0.25) is 19.3 Å². The maximum absolute atomic E-state index is 13.3. The van der Waals surface area contributed by atoms with E-state index in [1.165, 1.54) is 4.90 Å². The van der Waals surface area contributed by atoms with Crippen molar-refractivity contribution in [2.75, 3.05) is 20.2 Å². The summed E-state index contributed by atoms with van der Waals surface area (Å²) in [5.74, 6) is -1.17. The van der Waals surface area contributed by atoms with Gasteiger partial charge in [0.15, 0.2) is 12.2 Å². The minimum atomic E-state index is -1.15. The zero-order valence-corrected chi connectivity index (χ0v) is 24.5. The molecule has 226 valence electrons. The number of amides is 3. The van der Waals surface area contributed by atoms with Crippen LogP contribution in [0.1, 0.15) is 53.5 Å². The van der Waals surface area contributed by atoms with Gasteiger partial charge in [0.05, 0.1) is 32.7 Å². The van der Waals surface area contributed by atoms with Gasteiger partial charge in [0.25, 0.3) is 0 Å². The number of hydrogen-bond acceptors (Lipinski definition) is 10. The van der Waals surface area contributed by atoms with Gasteiger partial charge in [-0.2, -0.15) is 0 Å². The van der Waals surface area contributed by atoms with Crippen molar-refractivity contribution in [1.82, 2.24) is 15.5 Å². The van der Waals surface area contributed by atoms with Crippen molar-refractivity contribution in [3.05, 3.63) is 29.8 Å². The van der Waals surface area contributed by atoms with Gasteiger partial charge in [-0.05, 0) is 65.7 Å². The fourth-order valence-corrected chi connectivity index (χ4v) is 4.39. The number of carbonyl (C=O) groups excluding carboxylic acids is 5. The Hall–Kier alpha value is -4.03. The number of ether oxygens (including phenoxy) is 5. The molecule has 2 saturated heterocycles. The van der Waals surface area contributed by atoms with Gasteiger partial charge in [0.2, 0.25) is 11.8 Å². The van der Waals surface area contributed by atoms with Crippen LogP contribution in [0.4, 0.5) is 9.59 Å². The highest BCUT2D eigenvalue weighted by Crippen LogP contribution is 2.30. The second-order valence-electron chi connectivity index (χ2n) is 11.9. The van der Waals surface area contributed by atoms with Gasteiger partial charge in [-0.25, -0.2) is 9.59 Å². The molecule has 2 N–H and O–H groups in total. The number of benzene rings is 1. The topological polar surface area (TPSA) is 159 Å². The molecule has 13 heteroatoms. The first-order chi connectivity index (χ1) is 19.0. The standard InChI is InChI=1S/C28H39N3O10/c1-27(2,3)40-25(35)31-15-20(38-26(36)41-28(4,5)6)23(19(31)12-16-8-10-17(37-7)11-9-16)39-22(33)13-18-24(34)29-14-21(32)30-18/h8-11,18-20,23H,12-15H2,1-7H3,(H,29,34)(H,30,32)/t18?,19-,20+,23+/m1/s1. The van der Waals surface area contributed by atoms with Gasteiger partial charge >= 0.3 is 18.2 Å². The highest BCUT2D eigenvalue weighted by atomic mass is 16.7. The van der Waals surface area contributed by atoms with Crippen LogP contribution in [0.2, 0.25) is 0 Å². The molecule has 2 aliphatic rings. The molecule has 2 fully saturated rings. The van der Waals surface area contributed by atoms with Gasteiger partial charge in [-0.1, -0.05) is 12.1 Å². The van der Waals surface area contributed by atoms with E-state index in [4.69, 9.17) is 23.7 Å². The van der Waals surface area contributed by atoms with Crippen molar-refractivity contribution >= 4 is 30.0 Å². The summed E-state index contributed by atoms with van der Waals surface area (Å²) in [4.78, 5) is 64.4. The summed E-state index contributed by atoms with van der Waals surface area (Å²) >= 11 is 0. The van der Waals surface area contributed by atoms with E-state index in [1.54, 1.807) is 72.9 Å². The number of nitrogens with zero attached hydrogens (tertiary/aromatic N) is 1. The fraction of sp³-hybridized carbons (Fsp3) is 0.607. The lowest BCUT2D eigenvalue weighted by atomic mass is 10.0. The summed E-state index contributed by atoms with van der Waals surface area (Å²) in [5.41, 5.74) is -0.908. The zero-order chi connectivity index (χ0) is 30.5. The Morgan fingerprint density at radius 2 is 1.59 bits per heavy atom. The van der Waals surface area contributed by atoms with Gasteiger partial charge in [-0.15, -0.1) is 0 Å². The van der Waals surface area contributed by atoms with Crippen molar-refractivity contribution in [3.63, 3.8) is 0 Å². The van der Waals surface area contributed by atoms with E-state index in [9.17, 15) is 24.0 Å². The Labute approximate surface area is 239 Å². The van der Waals surface area contributed by atoms with E-state index in [0.717, 1.165) is 5.56 Å². The smallest absolute Gasteiger partial charge is 0.497 e. The molecule has 3 rings (SSSR count). The highest BCUT2D eigenvalue weighted by molar-refractivity contribution is 5.96. The second kappa shape index (κ2) is 12.6. The van der Waals surface area contributed by atoms with Crippen LogP contribution in [0.5, 0.6) is 5.75 Å². The normalized spacial score (nSPS) is 22.8. The average Bonchev–Trinajstić information content (AvgIpc) is 3.16. The lowest BCUT2D eigenvalue weighted by Gasteiger charge is -2.30. The zero-order valence-electron chi connectivity index (χ0n) is 24.5. The quantitative estimate of drug-likeness (QED) is 0.363. The molecule has 13 nitrogen and oxygen atoms in total. The summed E-state index contributed by atoms with van der Waals surface area (Å²) in [6, 6.07) is 5.16. The number of rotatable bonds is 7. The minimum Gasteiger partial charge on any atom is -0.497 e. The summed E-state index contributed by atoms with van der Waals surface area (Å²) in [6.07, 6.45) is -4.21.